The van der Waals surface area contributed by atoms with Crippen LogP contribution in [0.15, 0.2) is 48.7 Å². The number of benzene rings is 1. The molecule has 0 saturated heterocycles. The topological polar surface area (TPSA) is 62.7 Å². The first kappa shape index (κ1) is 16.2. The van der Waals surface area contributed by atoms with Crippen molar-refractivity contribution in [2.24, 2.45) is 0 Å². The lowest BCUT2D eigenvalue weighted by atomic mass is 10.2. The van der Waals surface area contributed by atoms with Gasteiger partial charge in [0, 0.05) is 28.7 Å². The van der Waals surface area contributed by atoms with E-state index in [0.717, 1.165) is 33.5 Å². The molecule has 0 atom stereocenters. The van der Waals surface area contributed by atoms with Gasteiger partial charge in [-0.3, -0.25) is 4.98 Å². The summed E-state index contributed by atoms with van der Waals surface area (Å²) in [6.45, 7) is 4.51. The first-order valence-electron chi connectivity index (χ1n) is 7.63. The summed E-state index contributed by atoms with van der Waals surface area (Å²) in [6.07, 6.45) is 1.77. The van der Waals surface area contributed by atoms with Crippen LogP contribution in [0.1, 0.15) is 17.0 Å². The predicted molar refractivity (Wildman–Crippen MR) is 97.8 cm³/mol. The Balaban J connectivity index is 1.76. The van der Waals surface area contributed by atoms with Crippen LogP contribution in [0.3, 0.4) is 0 Å². The quantitative estimate of drug-likeness (QED) is 0.716. The molecule has 0 unspecified atom stereocenters. The summed E-state index contributed by atoms with van der Waals surface area (Å²) in [7, 11) is 0. The fourth-order valence-corrected chi connectivity index (χ4v) is 2.52. The fraction of sp³-hybridized carbons (Fsp3) is 0.167. The Morgan fingerprint density at radius 1 is 1.04 bits per heavy atom. The van der Waals surface area contributed by atoms with Crippen molar-refractivity contribution in [1.29, 1.82) is 0 Å². The van der Waals surface area contributed by atoms with E-state index < -0.39 is 0 Å². The minimum absolute atomic E-state index is 0.565. The Bertz CT molecular complexity index is 836. The maximum Gasteiger partial charge on any atom is 0.225 e. The highest BCUT2D eigenvalue weighted by Gasteiger charge is 2.05. The standard InChI is InChI=1S/C18H18ClN5/c1-12-9-14(19)6-7-16(12)23-17-10-13(2)22-18(24-17)21-11-15-5-3-4-8-20-15/h3-10H,11H2,1-2H3,(H2,21,22,23,24). The molecule has 24 heavy (non-hydrogen) atoms. The van der Waals surface area contributed by atoms with Crippen LogP contribution in [-0.2, 0) is 6.54 Å². The largest absolute Gasteiger partial charge is 0.349 e. The highest BCUT2D eigenvalue weighted by atomic mass is 35.5. The number of halogens is 1. The molecule has 5 nitrogen and oxygen atoms in total. The second-order valence-corrected chi connectivity index (χ2v) is 5.91. The molecular formula is C18H18ClN5. The van der Waals surface area contributed by atoms with Gasteiger partial charge in [-0.05, 0) is 49.7 Å². The van der Waals surface area contributed by atoms with E-state index in [1.165, 1.54) is 0 Å². The Hall–Kier alpha value is -2.66. The van der Waals surface area contributed by atoms with Crippen LogP contribution in [0.2, 0.25) is 5.02 Å². The van der Waals surface area contributed by atoms with E-state index in [0.29, 0.717) is 12.5 Å². The van der Waals surface area contributed by atoms with Crippen LogP contribution in [0.5, 0.6) is 0 Å². The van der Waals surface area contributed by atoms with Gasteiger partial charge in [0.05, 0.1) is 12.2 Å². The smallest absolute Gasteiger partial charge is 0.225 e. The van der Waals surface area contributed by atoms with E-state index in [9.17, 15) is 0 Å². The van der Waals surface area contributed by atoms with Crippen molar-refractivity contribution >= 4 is 29.1 Å². The van der Waals surface area contributed by atoms with Gasteiger partial charge < -0.3 is 10.6 Å². The van der Waals surface area contributed by atoms with Crippen molar-refractivity contribution in [1.82, 2.24) is 15.0 Å². The molecule has 1 aromatic carbocycles. The van der Waals surface area contributed by atoms with Crippen molar-refractivity contribution in [3.05, 3.63) is 70.6 Å². The highest BCUT2D eigenvalue weighted by molar-refractivity contribution is 6.30. The van der Waals surface area contributed by atoms with E-state index in [-0.39, 0.29) is 0 Å². The lowest BCUT2D eigenvalue weighted by Gasteiger charge is -2.11. The molecule has 0 spiro atoms. The average Bonchev–Trinajstić information content (AvgIpc) is 2.56. The molecule has 0 aliphatic rings. The molecule has 0 saturated carbocycles. The van der Waals surface area contributed by atoms with Crippen molar-refractivity contribution in [3.8, 4) is 0 Å². The molecule has 0 aliphatic carbocycles. The van der Waals surface area contributed by atoms with Crippen LogP contribution in [0.4, 0.5) is 17.5 Å². The predicted octanol–water partition coefficient (Wildman–Crippen LogP) is 4.50. The first-order chi connectivity index (χ1) is 11.6. The van der Waals surface area contributed by atoms with Crippen molar-refractivity contribution in [2.75, 3.05) is 10.6 Å². The van der Waals surface area contributed by atoms with E-state index in [1.807, 2.05) is 56.3 Å². The van der Waals surface area contributed by atoms with Gasteiger partial charge in [0.2, 0.25) is 5.95 Å². The fourth-order valence-electron chi connectivity index (χ4n) is 2.29. The number of nitrogens with zero attached hydrogens (tertiary/aromatic N) is 3. The summed E-state index contributed by atoms with van der Waals surface area (Å²) in [4.78, 5) is 13.2. The maximum absolute atomic E-state index is 6.00. The third-order valence-corrected chi connectivity index (χ3v) is 3.69. The van der Waals surface area contributed by atoms with E-state index >= 15 is 0 Å². The summed E-state index contributed by atoms with van der Waals surface area (Å²) in [5.41, 5.74) is 3.84. The number of aryl methyl sites for hydroxylation is 2. The zero-order valence-electron chi connectivity index (χ0n) is 13.5. The molecular weight excluding hydrogens is 322 g/mol. The molecule has 0 amide bonds. The number of hydrogen-bond donors (Lipinski definition) is 2. The molecule has 0 bridgehead atoms. The highest BCUT2D eigenvalue weighted by Crippen LogP contribution is 2.23. The normalized spacial score (nSPS) is 10.5. The van der Waals surface area contributed by atoms with Crippen molar-refractivity contribution in [3.63, 3.8) is 0 Å². The number of pyridine rings is 1. The molecule has 0 radical (unpaired) electrons. The number of nitrogens with one attached hydrogen (secondary N) is 2. The second kappa shape index (κ2) is 7.27. The second-order valence-electron chi connectivity index (χ2n) is 5.48. The zero-order chi connectivity index (χ0) is 16.9. The number of anilines is 3. The minimum atomic E-state index is 0.565. The third kappa shape index (κ3) is 4.20. The Labute approximate surface area is 146 Å². The van der Waals surface area contributed by atoms with Gasteiger partial charge in [-0.15, -0.1) is 0 Å². The summed E-state index contributed by atoms with van der Waals surface area (Å²) in [6, 6.07) is 13.4. The molecule has 3 rings (SSSR count). The van der Waals surface area contributed by atoms with Gasteiger partial charge >= 0.3 is 0 Å². The Morgan fingerprint density at radius 3 is 2.67 bits per heavy atom. The van der Waals surface area contributed by atoms with Crippen LogP contribution in [0.25, 0.3) is 0 Å². The van der Waals surface area contributed by atoms with Gasteiger partial charge in [-0.2, -0.15) is 4.98 Å². The van der Waals surface area contributed by atoms with Gasteiger partial charge in [-0.25, -0.2) is 4.98 Å². The summed E-state index contributed by atoms with van der Waals surface area (Å²) in [5, 5.41) is 7.24. The Kier molecular flexibility index (Phi) is 4.91. The zero-order valence-corrected chi connectivity index (χ0v) is 14.3. The number of aromatic nitrogens is 3. The molecule has 3 aromatic rings. The Morgan fingerprint density at radius 2 is 1.92 bits per heavy atom. The molecule has 0 aliphatic heterocycles. The SMILES string of the molecule is Cc1cc(Nc2ccc(Cl)cc2C)nc(NCc2ccccn2)n1. The van der Waals surface area contributed by atoms with Gasteiger partial charge in [0.15, 0.2) is 0 Å². The van der Waals surface area contributed by atoms with Crippen molar-refractivity contribution < 1.29 is 0 Å². The van der Waals surface area contributed by atoms with Gasteiger partial charge in [0.1, 0.15) is 5.82 Å². The molecule has 122 valence electrons. The minimum Gasteiger partial charge on any atom is -0.349 e. The van der Waals surface area contributed by atoms with E-state index in [4.69, 9.17) is 11.6 Å². The molecule has 0 fully saturated rings. The van der Waals surface area contributed by atoms with Crippen LogP contribution in [-0.4, -0.2) is 15.0 Å². The monoisotopic (exact) mass is 339 g/mol. The summed E-state index contributed by atoms with van der Waals surface area (Å²) >= 11 is 6.00. The first-order valence-corrected chi connectivity index (χ1v) is 8.00. The summed E-state index contributed by atoms with van der Waals surface area (Å²) < 4.78 is 0. The van der Waals surface area contributed by atoms with E-state index in [2.05, 4.69) is 25.6 Å². The average molecular weight is 340 g/mol. The lowest BCUT2D eigenvalue weighted by molar-refractivity contribution is 0.991. The van der Waals surface area contributed by atoms with Crippen molar-refractivity contribution in [2.45, 2.75) is 20.4 Å². The van der Waals surface area contributed by atoms with Crippen LogP contribution >= 0.6 is 11.6 Å². The van der Waals surface area contributed by atoms with Crippen LogP contribution in [0, 0.1) is 13.8 Å². The molecule has 2 N–H and O–H groups in total. The van der Waals surface area contributed by atoms with E-state index in [1.54, 1.807) is 6.20 Å². The lowest BCUT2D eigenvalue weighted by Crippen LogP contribution is -2.07. The van der Waals surface area contributed by atoms with Gasteiger partial charge in [0.25, 0.3) is 0 Å². The summed E-state index contributed by atoms with van der Waals surface area (Å²) in [5.74, 6) is 1.30. The third-order valence-electron chi connectivity index (χ3n) is 3.46. The molecule has 2 heterocycles. The molecule has 6 heteroatoms. The molecule has 2 aromatic heterocycles. The van der Waals surface area contributed by atoms with Crippen LogP contribution < -0.4 is 10.6 Å². The number of rotatable bonds is 5. The van der Waals surface area contributed by atoms with Gasteiger partial charge in [-0.1, -0.05) is 17.7 Å². The number of hydrogen-bond acceptors (Lipinski definition) is 5. The maximum atomic E-state index is 6.00.